The van der Waals surface area contributed by atoms with E-state index in [-0.39, 0.29) is 11.3 Å². The quantitative estimate of drug-likeness (QED) is 0.896. The van der Waals surface area contributed by atoms with Crippen LogP contribution in [0.4, 0.5) is 4.39 Å². The summed E-state index contributed by atoms with van der Waals surface area (Å²) in [4.78, 5) is 0. The van der Waals surface area contributed by atoms with Crippen molar-refractivity contribution in [2.75, 3.05) is 7.11 Å². The highest BCUT2D eigenvalue weighted by molar-refractivity contribution is 5.37. The van der Waals surface area contributed by atoms with Gasteiger partial charge in [0.25, 0.3) is 0 Å². The number of halogens is 1. The van der Waals surface area contributed by atoms with Crippen molar-refractivity contribution < 1.29 is 19.0 Å². The molecule has 4 heteroatoms. The van der Waals surface area contributed by atoms with E-state index in [4.69, 9.17) is 9.47 Å². The molecule has 1 fully saturated rings. The lowest BCUT2D eigenvalue weighted by Crippen LogP contribution is -2.44. The Hall–Kier alpha value is -1.13. The van der Waals surface area contributed by atoms with Crippen LogP contribution in [0.2, 0.25) is 0 Å². The van der Waals surface area contributed by atoms with Gasteiger partial charge in [0, 0.05) is 12.0 Å². The molecule has 0 amide bonds. The maximum Gasteiger partial charge on any atom is 0.171 e. The number of hydrogen-bond acceptors (Lipinski definition) is 3. The Kier molecular flexibility index (Phi) is 3.14. The van der Waals surface area contributed by atoms with Gasteiger partial charge in [-0.1, -0.05) is 12.1 Å². The Bertz CT molecular complexity index is 496. The van der Waals surface area contributed by atoms with E-state index in [1.807, 2.05) is 13.8 Å². The molecule has 1 aliphatic rings. The van der Waals surface area contributed by atoms with E-state index in [0.29, 0.717) is 6.42 Å². The average Bonchev–Trinajstić information content (AvgIpc) is 2.43. The fraction of sp³-hybridized carbons (Fsp3) is 0.600. The Morgan fingerprint density at radius 2 is 1.89 bits per heavy atom. The summed E-state index contributed by atoms with van der Waals surface area (Å²) in [6, 6.07) is 4.80. The first-order valence-corrected chi connectivity index (χ1v) is 6.38. The van der Waals surface area contributed by atoms with Crippen molar-refractivity contribution in [2.45, 2.75) is 50.9 Å². The second-order valence-corrected chi connectivity index (χ2v) is 6.23. The predicted molar refractivity (Wildman–Crippen MR) is 70.7 cm³/mol. The van der Waals surface area contributed by atoms with Crippen molar-refractivity contribution in [3.8, 4) is 5.75 Å². The van der Waals surface area contributed by atoms with E-state index in [2.05, 4.69) is 0 Å². The van der Waals surface area contributed by atoms with Gasteiger partial charge in [-0.25, -0.2) is 4.39 Å². The molecule has 106 valence electrons. The SMILES string of the molecule is COc1cccc(C2(O)CC(C)(C)OC2(C)C)c1F. The van der Waals surface area contributed by atoms with Crippen LogP contribution in [0.25, 0.3) is 0 Å². The second kappa shape index (κ2) is 4.18. The Morgan fingerprint density at radius 1 is 1.26 bits per heavy atom. The van der Waals surface area contributed by atoms with Gasteiger partial charge in [0.2, 0.25) is 0 Å². The molecule has 1 unspecified atom stereocenters. The maximum absolute atomic E-state index is 14.4. The van der Waals surface area contributed by atoms with E-state index in [0.717, 1.165) is 0 Å². The lowest BCUT2D eigenvalue weighted by atomic mass is 9.77. The number of benzene rings is 1. The Labute approximate surface area is 113 Å². The van der Waals surface area contributed by atoms with Crippen LogP contribution < -0.4 is 4.74 Å². The van der Waals surface area contributed by atoms with Crippen LogP contribution in [0.3, 0.4) is 0 Å². The molecule has 3 nitrogen and oxygen atoms in total. The maximum atomic E-state index is 14.4. The van der Waals surface area contributed by atoms with Crippen LogP contribution in [0, 0.1) is 5.82 Å². The normalized spacial score (nSPS) is 28.4. The van der Waals surface area contributed by atoms with Gasteiger partial charge in [0.05, 0.1) is 18.3 Å². The molecule has 1 aliphatic heterocycles. The topological polar surface area (TPSA) is 38.7 Å². The summed E-state index contributed by atoms with van der Waals surface area (Å²) in [6.45, 7) is 7.34. The molecule has 1 atom stereocenters. The standard InChI is InChI=1S/C15H21FO3/c1-13(2)9-15(17,14(3,4)19-13)10-7-6-8-11(18-5)12(10)16/h6-8,17H,9H2,1-5H3. The molecule has 0 radical (unpaired) electrons. The third-order valence-electron chi connectivity index (χ3n) is 3.84. The van der Waals surface area contributed by atoms with Crippen LogP contribution in [0.1, 0.15) is 39.7 Å². The van der Waals surface area contributed by atoms with E-state index in [1.54, 1.807) is 26.0 Å². The first-order chi connectivity index (χ1) is 8.63. The highest BCUT2D eigenvalue weighted by Gasteiger charge is 2.58. The van der Waals surface area contributed by atoms with E-state index < -0.39 is 22.6 Å². The fourth-order valence-corrected chi connectivity index (χ4v) is 3.05. The minimum atomic E-state index is -1.38. The molecule has 0 bridgehead atoms. The summed E-state index contributed by atoms with van der Waals surface area (Å²) in [7, 11) is 1.41. The zero-order valence-electron chi connectivity index (χ0n) is 12.1. The van der Waals surface area contributed by atoms with Crippen molar-refractivity contribution in [3.63, 3.8) is 0 Å². The Balaban J connectivity index is 2.57. The minimum absolute atomic E-state index is 0.131. The molecule has 19 heavy (non-hydrogen) atoms. The lowest BCUT2D eigenvalue weighted by Gasteiger charge is -2.35. The van der Waals surface area contributed by atoms with E-state index >= 15 is 0 Å². The van der Waals surface area contributed by atoms with Gasteiger partial charge in [0.15, 0.2) is 11.6 Å². The van der Waals surface area contributed by atoms with Gasteiger partial charge in [-0.05, 0) is 33.8 Å². The van der Waals surface area contributed by atoms with Crippen molar-refractivity contribution in [1.29, 1.82) is 0 Å². The number of methoxy groups -OCH3 is 1. The van der Waals surface area contributed by atoms with E-state index in [9.17, 15) is 9.50 Å². The summed E-state index contributed by atoms with van der Waals surface area (Å²) < 4.78 is 25.3. The molecule has 0 saturated carbocycles. The van der Waals surface area contributed by atoms with Crippen LogP contribution in [0.15, 0.2) is 18.2 Å². The molecule has 1 aromatic carbocycles. The fourth-order valence-electron chi connectivity index (χ4n) is 3.05. The highest BCUT2D eigenvalue weighted by Crippen LogP contribution is 2.51. The third-order valence-corrected chi connectivity index (χ3v) is 3.84. The summed E-state index contributed by atoms with van der Waals surface area (Å²) in [5.41, 5.74) is -2.53. The average molecular weight is 268 g/mol. The minimum Gasteiger partial charge on any atom is -0.494 e. The number of rotatable bonds is 2. The summed E-state index contributed by atoms with van der Waals surface area (Å²) in [5, 5.41) is 11.0. The lowest BCUT2D eigenvalue weighted by molar-refractivity contribution is -0.130. The third kappa shape index (κ3) is 2.13. The monoisotopic (exact) mass is 268 g/mol. The molecule has 1 heterocycles. The molecule has 1 saturated heterocycles. The number of hydrogen-bond donors (Lipinski definition) is 1. The second-order valence-electron chi connectivity index (χ2n) is 6.23. The largest absolute Gasteiger partial charge is 0.494 e. The zero-order chi connectivity index (χ0) is 14.5. The first-order valence-electron chi connectivity index (χ1n) is 6.38. The van der Waals surface area contributed by atoms with Crippen LogP contribution >= 0.6 is 0 Å². The molecular formula is C15H21FO3. The van der Waals surface area contributed by atoms with Crippen LogP contribution in [0.5, 0.6) is 5.75 Å². The highest BCUT2D eigenvalue weighted by atomic mass is 19.1. The molecular weight excluding hydrogens is 247 g/mol. The van der Waals surface area contributed by atoms with Gasteiger partial charge >= 0.3 is 0 Å². The molecule has 1 N–H and O–H groups in total. The van der Waals surface area contributed by atoms with Crippen molar-refractivity contribution in [3.05, 3.63) is 29.6 Å². The summed E-state index contributed by atoms with van der Waals surface area (Å²) in [6.07, 6.45) is 0.330. The summed E-state index contributed by atoms with van der Waals surface area (Å²) >= 11 is 0. The van der Waals surface area contributed by atoms with Crippen molar-refractivity contribution in [2.24, 2.45) is 0 Å². The first kappa shape index (κ1) is 14.3. The molecule has 0 aromatic heterocycles. The number of aliphatic hydroxyl groups is 1. The molecule has 1 aromatic rings. The smallest absolute Gasteiger partial charge is 0.171 e. The van der Waals surface area contributed by atoms with Crippen LogP contribution in [-0.2, 0) is 10.3 Å². The van der Waals surface area contributed by atoms with Crippen LogP contribution in [-0.4, -0.2) is 23.4 Å². The molecule has 0 spiro atoms. The zero-order valence-corrected chi connectivity index (χ0v) is 12.1. The molecule has 0 aliphatic carbocycles. The number of ether oxygens (including phenoxy) is 2. The van der Waals surface area contributed by atoms with E-state index in [1.165, 1.54) is 13.2 Å². The van der Waals surface area contributed by atoms with Gasteiger partial charge in [-0.2, -0.15) is 0 Å². The molecule has 2 rings (SSSR count). The Morgan fingerprint density at radius 3 is 2.37 bits per heavy atom. The summed E-state index contributed by atoms with van der Waals surface area (Å²) in [5.74, 6) is -0.395. The van der Waals surface area contributed by atoms with Gasteiger partial charge in [-0.15, -0.1) is 0 Å². The van der Waals surface area contributed by atoms with Gasteiger partial charge in [0.1, 0.15) is 5.60 Å². The van der Waals surface area contributed by atoms with Gasteiger partial charge in [-0.3, -0.25) is 0 Å². The predicted octanol–water partition coefficient (Wildman–Crippen LogP) is 3.00. The van der Waals surface area contributed by atoms with Crippen molar-refractivity contribution >= 4 is 0 Å². The van der Waals surface area contributed by atoms with Gasteiger partial charge < -0.3 is 14.6 Å². The van der Waals surface area contributed by atoms with Crippen molar-refractivity contribution in [1.82, 2.24) is 0 Å².